The molecular formula is C19H14N2O2S2. The minimum atomic E-state index is -0.202. The number of benzene rings is 2. The number of carbonyl (C=O) groups is 2. The van der Waals surface area contributed by atoms with Crippen molar-refractivity contribution in [2.24, 2.45) is 0 Å². The van der Waals surface area contributed by atoms with Crippen molar-refractivity contribution in [1.82, 2.24) is 4.90 Å². The smallest absolute Gasteiger partial charge is 0.267 e. The van der Waals surface area contributed by atoms with Gasteiger partial charge in [0.2, 0.25) is 0 Å². The van der Waals surface area contributed by atoms with E-state index in [2.05, 4.69) is 0 Å². The van der Waals surface area contributed by atoms with E-state index in [0.717, 1.165) is 16.8 Å². The second-order valence-electron chi connectivity index (χ2n) is 5.83. The third kappa shape index (κ3) is 2.58. The number of amides is 2. The predicted molar refractivity (Wildman–Crippen MR) is 104 cm³/mol. The number of likely N-dealkylation sites (N-methyl/N-ethyl adjacent to an activating group) is 1. The van der Waals surface area contributed by atoms with Gasteiger partial charge in [0.1, 0.15) is 4.32 Å². The second kappa shape index (κ2) is 6.13. The number of rotatable bonds is 2. The molecule has 0 radical (unpaired) electrons. The van der Waals surface area contributed by atoms with E-state index in [-0.39, 0.29) is 11.8 Å². The zero-order valence-corrected chi connectivity index (χ0v) is 15.1. The summed E-state index contributed by atoms with van der Waals surface area (Å²) in [5, 5.41) is 0. The molecule has 2 amide bonds. The van der Waals surface area contributed by atoms with Gasteiger partial charge in [-0.25, -0.2) is 0 Å². The number of carbonyl (C=O) groups excluding carboxylic acids is 2. The summed E-state index contributed by atoms with van der Waals surface area (Å²) in [4.78, 5) is 29.2. The van der Waals surface area contributed by atoms with Crippen LogP contribution in [0.25, 0.3) is 5.57 Å². The van der Waals surface area contributed by atoms with Crippen LogP contribution in [0.1, 0.15) is 11.1 Å². The van der Waals surface area contributed by atoms with Crippen LogP contribution in [0.15, 0.2) is 59.5 Å². The van der Waals surface area contributed by atoms with Gasteiger partial charge in [-0.15, -0.1) is 0 Å². The largest absolute Gasteiger partial charge is 0.311 e. The summed E-state index contributed by atoms with van der Waals surface area (Å²) in [6.45, 7) is 0.411. The first kappa shape index (κ1) is 16.1. The number of fused-ring (bicyclic) bond motifs is 1. The molecule has 2 aliphatic rings. The van der Waals surface area contributed by atoms with Gasteiger partial charge in [-0.3, -0.25) is 14.5 Å². The molecule has 25 heavy (non-hydrogen) atoms. The molecule has 124 valence electrons. The van der Waals surface area contributed by atoms with Crippen molar-refractivity contribution in [3.8, 4) is 0 Å². The molecule has 0 bridgehead atoms. The van der Waals surface area contributed by atoms with E-state index < -0.39 is 0 Å². The third-order valence-corrected chi connectivity index (χ3v) is 5.76. The minimum absolute atomic E-state index is 0.165. The maximum absolute atomic E-state index is 13.0. The highest BCUT2D eigenvalue weighted by Crippen LogP contribution is 2.44. The quantitative estimate of drug-likeness (QED) is 0.603. The van der Waals surface area contributed by atoms with Crippen LogP contribution in [0.4, 0.5) is 5.69 Å². The van der Waals surface area contributed by atoms with Crippen LogP contribution < -0.4 is 4.90 Å². The van der Waals surface area contributed by atoms with Crippen molar-refractivity contribution in [2.75, 3.05) is 11.9 Å². The molecule has 0 atom stereocenters. The van der Waals surface area contributed by atoms with Crippen LogP contribution in [0, 0.1) is 0 Å². The fraction of sp³-hybridized carbons (Fsp3) is 0.105. The van der Waals surface area contributed by atoms with Gasteiger partial charge in [0.25, 0.3) is 11.8 Å². The lowest BCUT2D eigenvalue weighted by molar-refractivity contribution is -0.122. The fourth-order valence-electron chi connectivity index (χ4n) is 3.04. The third-order valence-electron chi connectivity index (χ3n) is 4.31. The van der Waals surface area contributed by atoms with E-state index in [4.69, 9.17) is 12.2 Å². The Morgan fingerprint density at radius 3 is 2.40 bits per heavy atom. The molecule has 0 spiro atoms. The number of hydrogen-bond acceptors (Lipinski definition) is 4. The molecule has 0 aliphatic carbocycles. The summed E-state index contributed by atoms with van der Waals surface area (Å²) < 4.78 is 0.483. The Bertz CT molecular complexity index is 937. The van der Waals surface area contributed by atoms with Gasteiger partial charge in [0.05, 0.1) is 22.7 Å². The summed E-state index contributed by atoms with van der Waals surface area (Å²) in [7, 11) is 1.72. The predicted octanol–water partition coefficient (Wildman–Crippen LogP) is 3.43. The molecule has 0 N–H and O–H groups in total. The standard InChI is InChI=1S/C19H14N2O2S2/c1-20-14-10-6-5-9-13(14)15(17(20)22)16-18(23)21(19(24)25-16)11-12-7-3-2-4-8-12/h2-10H,11H2,1H3/b16-15-. The Kier molecular flexibility index (Phi) is 3.94. The average molecular weight is 366 g/mol. The summed E-state index contributed by atoms with van der Waals surface area (Å²) in [5.41, 5.74) is 3.05. The Balaban J connectivity index is 1.75. The number of anilines is 1. The Hall–Kier alpha value is -2.44. The van der Waals surface area contributed by atoms with Gasteiger partial charge in [-0.05, 0) is 11.6 Å². The van der Waals surface area contributed by atoms with E-state index in [1.54, 1.807) is 16.8 Å². The molecule has 2 aromatic rings. The molecule has 4 rings (SSSR count). The van der Waals surface area contributed by atoms with Crippen molar-refractivity contribution < 1.29 is 9.59 Å². The first-order valence-corrected chi connectivity index (χ1v) is 8.99. The summed E-state index contributed by atoms with van der Waals surface area (Å²) in [5.74, 6) is -0.367. The van der Waals surface area contributed by atoms with Crippen LogP contribution in [-0.2, 0) is 16.1 Å². The minimum Gasteiger partial charge on any atom is -0.311 e. The lowest BCUT2D eigenvalue weighted by Crippen LogP contribution is -2.28. The van der Waals surface area contributed by atoms with Gasteiger partial charge < -0.3 is 4.90 Å². The van der Waals surface area contributed by atoms with E-state index >= 15 is 0 Å². The van der Waals surface area contributed by atoms with Crippen LogP contribution in [-0.4, -0.2) is 28.1 Å². The van der Waals surface area contributed by atoms with Gasteiger partial charge in [-0.1, -0.05) is 72.5 Å². The summed E-state index contributed by atoms with van der Waals surface area (Å²) in [6.07, 6.45) is 0. The molecule has 4 nitrogen and oxygen atoms in total. The number of nitrogens with zero attached hydrogens (tertiary/aromatic N) is 2. The molecule has 0 unspecified atom stereocenters. The first-order valence-electron chi connectivity index (χ1n) is 7.77. The lowest BCUT2D eigenvalue weighted by Gasteiger charge is -2.14. The van der Waals surface area contributed by atoms with Crippen LogP contribution in [0.3, 0.4) is 0 Å². The number of para-hydroxylation sites is 1. The van der Waals surface area contributed by atoms with Crippen molar-refractivity contribution in [3.63, 3.8) is 0 Å². The van der Waals surface area contributed by atoms with E-state index in [1.165, 1.54) is 11.8 Å². The van der Waals surface area contributed by atoms with Crippen molar-refractivity contribution in [3.05, 3.63) is 70.6 Å². The van der Waals surface area contributed by atoms with Gasteiger partial charge in [-0.2, -0.15) is 0 Å². The first-order chi connectivity index (χ1) is 12.1. The lowest BCUT2D eigenvalue weighted by atomic mass is 10.1. The summed E-state index contributed by atoms with van der Waals surface area (Å²) >= 11 is 6.61. The van der Waals surface area contributed by atoms with E-state index in [9.17, 15) is 9.59 Å². The van der Waals surface area contributed by atoms with Crippen LogP contribution in [0.2, 0.25) is 0 Å². The van der Waals surface area contributed by atoms with Gasteiger partial charge in [0, 0.05) is 12.6 Å². The van der Waals surface area contributed by atoms with Gasteiger partial charge >= 0.3 is 0 Å². The van der Waals surface area contributed by atoms with Crippen LogP contribution >= 0.6 is 24.0 Å². The Labute approximate surface area is 155 Å². The molecule has 2 heterocycles. The zero-order valence-electron chi connectivity index (χ0n) is 13.4. The molecule has 0 saturated carbocycles. The maximum atomic E-state index is 13.0. The van der Waals surface area contributed by atoms with Gasteiger partial charge in [0.15, 0.2) is 0 Å². The van der Waals surface area contributed by atoms with E-state index in [0.29, 0.717) is 21.3 Å². The van der Waals surface area contributed by atoms with E-state index in [1.807, 2.05) is 54.6 Å². The second-order valence-corrected chi connectivity index (χ2v) is 7.47. The molecule has 6 heteroatoms. The highest BCUT2D eigenvalue weighted by Gasteiger charge is 2.40. The molecule has 1 saturated heterocycles. The maximum Gasteiger partial charge on any atom is 0.267 e. The Morgan fingerprint density at radius 2 is 1.64 bits per heavy atom. The monoisotopic (exact) mass is 366 g/mol. The topological polar surface area (TPSA) is 40.6 Å². The average Bonchev–Trinajstić information content (AvgIpc) is 3.04. The molecule has 1 fully saturated rings. The molecule has 2 aromatic carbocycles. The summed E-state index contributed by atoms with van der Waals surface area (Å²) in [6, 6.07) is 17.2. The number of thioether (sulfide) groups is 1. The SMILES string of the molecule is CN1C(=O)/C(=C2\SC(=S)N(Cc3ccccc3)C2=O)c2ccccc21. The molecular weight excluding hydrogens is 352 g/mol. The van der Waals surface area contributed by atoms with Crippen molar-refractivity contribution >= 4 is 51.4 Å². The molecule has 0 aromatic heterocycles. The Morgan fingerprint density at radius 1 is 0.960 bits per heavy atom. The van der Waals surface area contributed by atoms with Crippen molar-refractivity contribution in [1.29, 1.82) is 0 Å². The number of hydrogen-bond donors (Lipinski definition) is 0. The normalized spacial score (nSPS) is 19.8. The fourth-order valence-corrected chi connectivity index (χ4v) is 4.37. The van der Waals surface area contributed by atoms with Crippen LogP contribution in [0.5, 0.6) is 0 Å². The van der Waals surface area contributed by atoms with Crippen molar-refractivity contribution in [2.45, 2.75) is 6.54 Å². The highest BCUT2D eigenvalue weighted by molar-refractivity contribution is 8.26. The highest BCUT2D eigenvalue weighted by atomic mass is 32.2. The molecule has 2 aliphatic heterocycles. The number of thiocarbonyl (C=S) groups is 1. The zero-order chi connectivity index (χ0) is 17.6.